The second kappa shape index (κ2) is 6.16. The first-order valence-corrected chi connectivity index (χ1v) is 5.85. The number of benzene rings is 1. The Hall–Kier alpha value is -1.88. The van der Waals surface area contributed by atoms with Crippen LogP contribution in [-0.4, -0.2) is 29.8 Å². The molecule has 1 aromatic carbocycles. The molecule has 0 aromatic heterocycles. The van der Waals surface area contributed by atoms with Crippen LogP contribution in [0, 0.1) is 6.92 Å². The molecule has 0 aliphatic heterocycles. The summed E-state index contributed by atoms with van der Waals surface area (Å²) in [5, 5.41) is 0. The molecule has 0 aliphatic carbocycles. The first-order chi connectivity index (χ1) is 8.45. The molecule has 18 heavy (non-hydrogen) atoms. The molecule has 2 amide bonds. The summed E-state index contributed by atoms with van der Waals surface area (Å²) in [7, 11) is 0. The summed E-state index contributed by atoms with van der Waals surface area (Å²) in [5.74, 6) is -0.832. The molecule has 0 saturated heterocycles. The monoisotopic (exact) mass is 249 g/mol. The van der Waals surface area contributed by atoms with Crippen LogP contribution in [0.1, 0.15) is 24.1 Å². The Kier molecular flexibility index (Phi) is 4.85. The van der Waals surface area contributed by atoms with E-state index in [1.165, 1.54) is 4.90 Å². The Labute approximate surface area is 107 Å². The summed E-state index contributed by atoms with van der Waals surface area (Å²) in [6.07, 6.45) is 0. The summed E-state index contributed by atoms with van der Waals surface area (Å²) < 4.78 is 0. The van der Waals surface area contributed by atoms with Crippen LogP contribution in [0.25, 0.3) is 0 Å². The van der Waals surface area contributed by atoms with Gasteiger partial charge in [-0.25, -0.2) is 0 Å². The second-order valence-corrected chi connectivity index (χ2v) is 4.21. The molecular weight excluding hydrogens is 230 g/mol. The lowest BCUT2D eigenvalue weighted by atomic mass is 10.0. The lowest BCUT2D eigenvalue weighted by Crippen LogP contribution is -2.43. The van der Waals surface area contributed by atoms with Crippen LogP contribution in [0.4, 0.5) is 0 Å². The molecule has 0 heterocycles. The van der Waals surface area contributed by atoms with Crippen LogP contribution in [0.2, 0.25) is 0 Å². The Bertz CT molecular complexity index is 428. The highest BCUT2D eigenvalue weighted by Gasteiger charge is 2.22. The van der Waals surface area contributed by atoms with E-state index in [2.05, 4.69) is 0 Å². The van der Waals surface area contributed by atoms with Crippen molar-refractivity contribution in [2.75, 3.05) is 13.1 Å². The van der Waals surface area contributed by atoms with E-state index >= 15 is 0 Å². The number of carbonyl (C=O) groups is 2. The maximum atomic E-state index is 12.1. The summed E-state index contributed by atoms with van der Waals surface area (Å²) >= 11 is 0. The fraction of sp³-hybridized carbons (Fsp3) is 0.385. The Morgan fingerprint density at radius 3 is 2.28 bits per heavy atom. The van der Waals surface area contributed by atoms with Crippen molar-refractivity contribution in [1.29, 1.82) is 0 Å². The van der Waals surface area contributed by atoms with Crippen molar-refractivity contribution in [3.63, 3.8) is 0 Å². The molecule has 0 saturated carbocycles. The molecule has 0 spiro atoms. The smallest absolute Gasteiger partial charge is 0.244 e. The van der Waals surface area contributed by atoms with Gasteiger partial charge < -0.3 is 16.4 Å². The average Bonchev–Trinajstić information content (AvgIpc) is 2.35. The second-order valence-electron chi connectivity index (χ2n) is 4.21. The Balaban J connectivity index is 2.81. The van der Waals surface area contributed by atoms with Crippen LogP contribution < -0.4 is 11.5 Å². The van der Waals surface area contributed by atoms with Gasteiger partial charge in [-0.2, -0.15) is 0 Å². The number of primary amides is 1. The normalized spacial score (nSPS) is 11.9. The molecular formula is C13H19N3O2. The molecule has 1 atom stereocenters. The third-order valence-corrected chi connectivity index (χ3v) is 2.74. The number of hydrogen-bond acceptors (Lipinski definition) is 3. The maximum Gasteiger partial charge on any atom is 0.244 e. The number of likely N-dealkylation sites (N-methyl/N-ethyl adjacent to an activating group) is 1. The first kappa shape index (κ1) is 14.2. The highest BCUT2D eigenvalue weighted by molar-refractivity contribution is 5.87. The van der Waals surface area contributed by atoms with E-state index in [1.807, 2.05) is 31.2 Å². The van der Waals surface area contributed by atoms with Gasteiger partial charge in [-0.3, -0.25) is 9.59 Å². The van der Waals surface area contributed by atoms with Crippen LogP contribution in [0.5, 0.6) is 0 Å². The van der Waals surface area contributed by atoms with Gasteiger partial charge >= 0.3 is 0 Å². The molecule has 4 N–H and O–H groups in total. The molecule has 98 valence electrons. The van der Waals surface area contributed by atoms with Crippen molar-refractivity contribution >= 4 is 11.8 Å². The standard InChI is InChI=1S/C13H19N3O2/c1-3-16(8-11(14)17)13(18)12(15)10-6-4-9(2)5-7-10/h4-7,12H,3,8,15H2,1-2H3,(H2,14,17). The van der Waals surface area contributed by atoms with Crippen molar-refractivity contribution in [1.82, 2.24) is 4.90 Å². The maximum absolute atomic E-state index is 12.1. The van der Waals surface area contributed by atoms with Crippen molar-refractivity contribution in [2.45, 2.75) is 19.9 Å². The predicted octanol–water partition coefficient (Wildman–Crippen LogP) is 0.329. The van der Waals surface area contributed by atoms with Crippen molar-refractivity contribution in [3.05, 3.63) is 35.4 Å². The van der Waals surface area contributed by atoms with Gasteiger partial charge in [0.2, 0.25) is 11.8 Å². The highest BCUT2D eigenvalue weighted by Crippen LogP contribution is 2.14. The topological polar surface area (TPSA) is 89.4 Å². The lowest BCUT2D eigenvalue weighted by molar-refractivity contribution is -0.136. The zero-order chi connectivity index (χ0) is 13.7. The van der Waals surface area contributed by atoms with E-state index in [9.17, 15) is 9.59 Å². The van der Waals surface area contributed by atoms with Gasteiger partial charge in [-0.15, -0.1) is 0 Å². The summed E-state index contributed by atoms with van der Waals surface area (Å²) in [5.41, 5.74) is 12.8. The zero-order valence-corrected chi connectivity index (χ0v) is 10.7. The SMILES string of the molecule is CCN(CC(N)=O)C(=O)C(N)c1ccc(C)cc1. The minimum absolute atomic E-state index is 0.102. The molecule has 0 bridgehead atoms. The number of amides is 2. The fourth-order valence-corrected chi connectivity index (χ4v) is 1.65. The van der Waals surface area contributed by atoms with E-state index in [0.29, 0.717) is 6.54 Å². The van der Waals surface area contributed by atoms with Gasteiger partial charge in [-0.05, 0) is 19.4 Å². The zero-order valence-electron chi connectivity index (χ0n) is 10.7. The molecule has 0 aliphatic rings. The highest BCUT2D eigenvalue weighted by atomic mass is 16.2. The molecule has 0 radical (unpaired) electrons. The summed E-state index contributed by atoms with van der Waals surface area (Å²) in [6.45, 7) is 4.04. The Morgan fingerprint density at radius 2 is 1.83 bits per heavy atom. The third kappa shape index (κ3) is 3.56. The molecule has 1 aromatic rings. The number of carbonyl (C=O) groups excluding carboxylic acids is 2. The number of hydrogen-bond donors (Lipinski definition) is 2. The van der Waals surface area contributed by atoms with Crippen LogP contribution in [0.15, 0.2) is 24.3 Å². The quantitative estimate of drug-likeness (QED) is 0.788. The largest absolute Gasteiger partial charge is 0.368 e. The number of nitrogens with zero attached hydrogens (tertiary/aromatic N) is 1. The van der Waals surface area contributed by atoms with Crippen LogP contribution >= 0.6 is 0 Å². The van der Waals surface area contributed by atoms with E-state index in [1.54, 1.807) is 6.92 Å². The van der Waals surface area contributed by atoms with Gasteiger partial charge in [0.1, 0.15) is 6.04 Å². The van der Waals surface area contributed by atoms with Crippen LogP contribution in [0.3, 0.4) is 0 Å². The molecule has 0 fully saturated rings. The average molecular weight is 249 g/mol. The number of nitrogens with two attached hydrogens (primary N) is 2. The van der Waals surface area contributed by atoms with Crippen LogP contribution in [-0.2, 0) is 9.59 Å². The van der Waals surface area contributed by atoms with E-state index < -0.39 is 11.9 Å². The molecule has 1 unspecified atom stereocenters. The first-order valence-electron chi connectivity index (χ1n) is 5.85. The number of aryl methyl sites for hydroxylation is 1. The molecule has 1 rings (SSSR count). The molecule has 5 heteroatoms. The van der Waals surface area contributed by atoms with Gasteiger partial charge in [0.05, 0.1) is 6.54 Å². The minimum Gasteiger partial charge on any atom is -0.368 e. The van der Waals surface area contributed by atoms with Crippen molar-refractivity contribution in [3.8, 4) is 0 Å². The van der Waals surface area contributed by atoms with E-state index in [-0.39, 0.29) is 12.5 Å². The van der Waals surface area contributed by atoms with E-state index in [4.69, 9.17) is 11.5 Å². The molecule has 5 nitrogen and oxygen atoms in total. The lowest BCUT2D eigenvalue weighted by Gasteiger charge is -2.23. The van der Waals surface area contributed by atoms with Gasteiger partial charge in [0.15, 0.2) is 0 Å². The summed E-state index contributed by atoms with van der Waals surface area (Å²) in [4.78, 5) is 24.3. The van der Waals surface area contributed by atoms with Gasteiger partial charge in [0, 0.05) is 6.54 Å². The number of rotatable bonds is 5. The van der Waals surface area contributed by atoms with Gasteiger partial charge in [0.25, 0.3) is 0 Å². The van der Waals surface area contributed by atoms with Gasteiger partial charge in [-0.1, -0.05) is 29.8 Å². The van der Waals surface area contributed by atoms with Crippen molar-refractivity contribution in [2.24, 2.45) is 11.5 Å². The van der Waals surface area contributed by atoms with Crippen molar-refractivity contribution < 1.29 is 9.59 Å². The summed E-state index contributed by atoms with van der Waals surface area (Å²) in [6, 6.07) is 6.66. The third-order valence-electron chi connectivity index (χ3n) is 2.74. The Morgan fingerprint density at radius 1 is 1.28 bits per heavy atom. The fourth-order valence-electron chi connectivity index (χ4n) is 1.65. The predicted molar refractivity (Wildman–Crippen MR) is 69.6 cm³/mol. The minimum atomic E-state index is -0.759. The van der Waals surface area contributed by atoms with E-state index in [0.717, 1.165) is 11.1 Å².